The van der Waals surface area contributed by atoms with Crippen molar-refractivity contribution in [3.63, 3.8) is 0 Å². The molecule has 0 spiro atoms. The molecule has 5 nitrogen and oxygen atoms in total. The summed E-state index contributed by atoms with van der Waals surface area (Å²) in [7, 11) is 0. The Morgan fingerprint density at radius 1 is 1.41 bits per heavy atom. The first kappa shape index (κ1) is 12.8. The quantitative estimate of drug-likeness (QED) is 0.826. The van der Waals surface area contributed by atoms with Crippen molar-refractivity contribution in [3.05, 3.63) is 32.7 Å². The molecule has 2 rings (SSSR count). The van der Waals surface area contributed by atoms with Gasteiger partial charge < -0.3 is 14.3 Å². The summed E-state index contributed by atoms with van der Waals surface area (Å²) in [5.74, 6) is 2.18. The molecule has 0 aliphatic heterocycles. The van der Waals surface area contributed by atoms with Crippen LogP contribution in [0.5, 0.6) is 0 Å². The van der Waals surface area contributed by atoms with Crippen molar-refractivity contribution in [2.75, 3.05) is 6.54 Å². The molecule has 0 saturated heterocycles. The highest BCUT2D eigenvalue weighted by molar-refractivity contribution is 9.13. The third-order valence-electron chi connectivity index (χ3n) is 2.09. The average Bonchev–Trinajstić information content (AvgIpc) is 2.82. The Morgan fingerprint density at radius 3 is 2.82 bits per heavy atom. The molecule has 0 unspecified atom stereocenters. The normalized spacial score (nSPS) is 11.0. The van der Waals surface area contributed by atoms with Gasteiger partial charge in [0.2, 0.25) is 5.89 Å². The second-order valence-electron chi connectivity index (χ2n) is 3.49. The fraction of sp³-hybridized carbons (Fsp3) is 0.400. The van der Waals surface area contributed by atoms with Crippen LogP contribution in [0.3, 0.4) is 0 Å². The van der Waals surface area contributed by atoms with E-state index < -0.39 is 0 Å². The van der Waals surface area contributed by atoms with Crippen molar-refractivity contribution in [2.24, 2.45) is 0 Å². The Bertz CT molecular complexity index is 476. The maximum Gasteiger partial charge on any atom is 0.223 e. The van der Waals surface area contributed by atoms with Gasteiger partial charge in [-0.05, 0) is 37.9 Å². The molecule has 1 N–H and O–H groups in total. The maximum absolute atomic E-state index is 5.43. The van der Waals surface area contributed by atoms with E-state index in [4.69, 9.17) is 8.94 Å². The highest BCUT2D eigenvalue weighted by Crippen LogP contribution is 2.26. The molecule has 0 aliphatic rings. The third-order valence-corrected chi connectivity index (χ3v) is 3.80. The predicted molar refractivity (Wildman–Crippen MR) is 68.6 cm³/mol. The number of nitrogens with zero attached hydrogens (tertiary/aromatic N) is 2. The number of hydrogen-bond acceptors (Lipinski definition) is 5. The minimum absolute atomic E-state index is 0.596. The van der Waals surface area contributed by atoms with Gasteiger partial charge in [-0.25, -0.2) is 0 Å². The fourth-order valence-electron chi connectivity index (χ4n) is 1.33. The highest BCUT2D eigenvalue weighted by atomic mass is 79.9. The first-order valence-corrected chi connectivity index (χ1v) is 6.67. The Kier molecular flexibility index (Phi) is 4.36. The lowest BCUT2D eigenvalue weighted by atomic mass is 10.4. The van der Waals surface area contributed by atoms with E-state index in [0.717, 1.165) is 29.0 Å². The molecule has 92 valence electrons. The minimum Gasteiger partial charge on any atom is -0.452 e. The Labute approximate surface area is 115 Å². The van der Waals surface area contributed by atoms with E-state index in [0.29, 0.717) is 17.1 Å². The van der Waals surface area contributed by atoms with Crippen LogP contribution in [-0.4, -0.2) is 16.7 Å². The van der Waals surface area contributed by atoms with Crippen LogP contribution < -0.4 is 5.32 Å². The summed E-state index contributed by atoms with van der Waals surface area (Å²) in [4.78, 5) is 4.12. The monoisotopic (exact) mass is 363 g/mol. The summed E-state index contributed by atoms with van der Waals surface area (Å²) >= 11 is 6.65. The van der Waals surface area contributed by atoms with E-state index >= 15 is 0 Å². The van der Waals surface area contributed by atoms with Gasteiger partial charge in [-0.15, -0.1) is 0 Å². The number of nitrogens with one attached hydrogen (secondary N) is 1. The van der Waals surface area contributed by atoms with Gasteiger partial charge in [-0.3, -0.25) is 0 Å². The van der Waals surface area contributed by atoms with E-state index in [1.807, 2.05) is 6.07 Å². The molecule has 2 aromatic heterocycles. The van der Waals surface area contributed by atoms with Gasteiger partial charge in [0, 0.05) is 19.9 Å². The van der Waals surface area contributed by atoms with Gasteiger partial charge in [0.15, 0.2) is 10.5 Å². The third kappa shape index (κ3) is 3.65. The average molecular weight is 365 g/mol. The van der Waals surface area contributed by atoms with Gasteiger partial charge in [0.25, 0.3) is 0 Å². The summed E-state index contributed by atoms with van der Waals surface area (Å²) in [5.41, 5.74) is 0. The molecule has 7 heteroatoms. The van der Waals surface area contributed by atoms with Crippen LogP contribution in [0.2, 0.25) is 0 Å². The molecular weight excluding hydrogens is 354 g/mol. The van der Waals surface area contributed by atoms with E-state index in [-0.39, 0.29) is 0 Å². The number of hydrogen-bond donors (Lipinski definition) is 1. The van der Waals surface area contributed by atoms with Gasteiger partial charge in [-0.2, -0.15) is 4.98 Å². The molecule has 0 radical (unpaired) electrons. The molecular formula is C10H11Br2N3O2. The molecule has 2 aromatic rings. The maximum atomic E-state index is 5.43. The summed E-state index contributed by atoms with van der Waals surface area (Å²) in [5, 5.41) is 7.06. The highest BCUT2D eigenvalue weighted by Gasteiger charge is 2.06. The molecule has 0 atom stereocenters. The first-order chi connectivity index (χ1) is 8.15. The molecule has 2 heterocycles. The molecule has 0 amide bonds. The van der Waals surface area contributed by atoms with Gasteiger partial charge >= 0.3 is 0 Å². The summed E-state index contributed by atoms with van der Waals surface area (Å²) < 4.78 is 11.9. The molecule has 0 aliphatic carbocycles. The van der Waals surface area contributed by atoms with Gasteiger partial charge in [0.1, 0.15) is 5.76 Å². The second-order valence-corrected chi connectivity index (χ2v) is 5.07. The zero-order chi connectivity index (χ0) is 12.3. The standard InChI is InChI=1S/C10H11Br2N3O2/c1-6-14-9(15-17-6)2-3-13-5-7-4-8(11)10(12)16-7/h4,13H,2-3,5H2,1H3. The second kappa shape index (κ2) is 5.79. The van der Waals surface area contributed by atoms with Crippen molar-refractivity contribution in [1.82, 2.24) is 15.5 Å². The smallest absolute Gasteiger partial charge is 0.223 e. The Morgan fingerprint density at radius 2 is 2.24 bits per heavy atom. The van der Waals surface area contributed by atoms with Crippen LogP contribution in [0.4, 0.5) is 0 Å². The van der Waals surface area contributed by atoms with Gasteiger partial charge in [-0.1, -0.05) is 5.16 Å². The number of aryl methyl sites for hydroxylation is 1. The lowest BCUT2D eigenvalue weighted by Crippen LogP contribution is -2.16. The predicted octanol–water partition coefficient (Wildman–Crippen LogP) is 2.83. The molecule has 17 heavy (non-hydrogen) atoms. The molecule has 0 saturated carbocycles. The molecule has 0 aromatic carbocycles. The van der Waals surface area contributed by atoms with Crippen LogP contribution in [0, 0.1) is 6.92 Å². The van der Waals surface area contributed by atoms with E-state index in [2.05, 4.69) is 47.3 Å². The zero-order valence-electron chi connectivity index (χ0n) is 9.17. The lowest BCUT2D eigenvalue weighted by Gasteiger charge is -1.99. The topological polar surface area (TPSA) is 64.1 Å². The SMILES string of the molecule is Cc1nc(CCNCc2cc(Br)c(Br)o2)no1. The summed E-state index contributed by atoms with van der Waals surface area (Å²) in [6.07, 6.45) is 0.736. The van der Waals surface area contributed by atoms with E-state index in [9.17, 15) is 0 Å². The summed E-state index contributed by atoms with van der Waals surface area (Å²) in [6.45, 7) is 3.22. The van der Waals surface area contributed by atoms with Crippen LogP contribution >= 0.6 is 31.9 Å². The van der Waals surface area contributed by atoms with Crippen LogP contribution in [-0.2, 0) is 13.0 Å². The van der Waals surface area contributed by atoms with Crippen molar-refractivity contribution in [1.29, 1.82) is 0 Å². The number of furan rings is 1. The van der Waals surface area contributed by atoms with Crippen LogP contribution in [0.25, 0.3) is 0 Å². The fourth-order valence-corrected chi connectivity index (χ4v) is 1.99. The van der Waals surface area contributed by atoms with E-state index in [1.54, 1.807) is 6.92 Å². The van der Waals surface area contributed by atoms with Crippen LogP contribution in [0.15, 0.2) is 24.1 Å². The van der Waals surface area contributed by atoms with Crippen molar-refractivity contribution < 1.29 is 8.94 Å². The van der Waals surface area contributed by atoms with Crippen molar-refractivity contribution in [3.8, 4) is 0 Å². The minimum atomic E-state index is 0.596. The van der Waals surface area contributed by atoms with Crippen molar-refractivity contribution >= 4 is 31.9 Å². The number of rotatable bonds is 5. The molecule has 0 bridgehead atoms. The first-order valence-electron chi connectivity index (χ1n) is 5.09. The zero-order valence-corrected chi connectivity index (χ0v) is 12.3. The van der Waals surface area contributed by atoms with Crippen LogP contribution in [0.1, 0.15) is 17.5 Å². The number of aromatic nitrogens is 2. The van der Waals surface area contributed by atoms with E-state index in [1.165, 1.54) is 0 Å². The van der Waals surface area contributed by atoms with Crippen molar-refractivity contribution in [2.45, 2.75) is 19.9 Å². The summed E-state index contributed by atoms with van der Waals surface area (Å²) in [6, 6.07) is 1.93. The Balaban J connectivity index is 1.73. The van der Waals surface area contributed by atoms with Gasteiger partial charge in [0.05, 0.1) is 11.0 Å². The number of halogens is 2. The largest absolute Gasteiger partial charge is 0.452 e. The molecule has 0 fully saturated rings. The Hall–Kier alpha value is -0.660. The lowest BCUT2D eigenvalue weighted by molar-refractivity contribution is 0.386.